The first-order valence-electron chi connectivity index (χ1n) is 15.4. The molecule has 0 bridgehead atoms. The summed E-state index contributed by atoms with van der Waals surface area (Å²) in [6.45, 7) is 0. The Morgan fingerprint density at radius 2 is 0.935 bits per heavy atom. The number of nitrogens with one attached hydrogen (secondary N) is 1. The van der Waals surface area contributed by atoms with Crippen LogP contribution in [0.4, 0.5) is 5.69 Å². The van der Waals surface area contributed by atoms with Crippen LogP contribution in [-0.2, 0) is 0 Å². The molecule has 4 nitrogen and oxygen atoms in total. The van der Waals surface area contributed by atoms with Crippen molar-refractivity contribution in [2.75, 3.05) is 0 Å². The number of aliphatic imine (C=N–C) groups is 1. The fourth-order valence-electron chi connectivity index (χ4n) is 6.14. The summed E-state index contributed by atoms with van der Waals surface area (Å²) in [5.41, 5.74) is 13.3. The Morgan fingerprint density at radius 3 is 1.59 bits per heavy atom. The van der Waals surface area contributed by atoms with Gasteiger partial charge in [-0.05, 0) is 80.9 Å². The third-order valence-corrected chi connectivity index (χ3v) is 8.51. The number of pyridine rings is 2. The molecule has 218 valence electrons. The summed E-state index contributed by atoms with van der Waals surface area (Å²) in [4.78, 5) is 14.0. The molecule has 1 N–H and O–H groups in total. The molecule has 4 heteroatoms. The van der Waals surface area contributed by atoms with E-state index in [2.05, 4.69) is 143 Å². The Morgan fingerprint density at radius 1 is 0.413 bits per heavy atom. The number of amidine groups is 1. The van der Waals surface area contributed by atoms with Gasteiger partial charge in [-0.2, -0.15) is 0 Å². The molecule has 2 aromatic heterocycles. The minimum Gasteiger partial charge on any atom is -0.359 e. The maximum atomic E-state index is 5.28. The Balaban J connectivity index is 1.27. The van der Waals surface area contributed by atoms with Crippen LogP contribution in [0.3, 0.4) is 0 Å². The second-order valence-corrected chi connectivity index (χ2v) is 11.4. The monoisotopic (exact) mass is 590 g/mol. The molecule has 0 saturated carbocycles. The number of nitrogens with zero attached hydrogens (tertiary/aromatic N) is 3. The zero-order valence-electron chi connectivity index (χ0n) is 25.1. The third-order valence-electron chi connectivity index (χ3n) is 8.51. The number of hydrogen-bond acceptors (Lipinski definition) is 4. The lowest BCUT2D eigenvalue weighted by molar-refractivity contribution is 0.749. The number of benzene rings is 5. The van der Waals surface area contributed by atoms with E-state index < -0.39 is 0 Å². The number of aromatic nitrogens is 2. The molecule has 5 aromatic carbocycles. The van der Waals surface area contributed by atoms with Gasteiger partial charge in [0.25, 0.3) is 0 Å². The number of hydrogen-bond donors (Lipinski definition) is 1. The predicted octanol–water partition coefficient (Wildman–Crippen LogP) is 9.92. The molecule has 0 fully saturated rings. The van der Waals surface area contributed by atoms with E-state index in [9.17, 15) is 0 Å². The highest BCUT2D eigenvalue weighted by molar-refractivity contribution is 6.04. The molecule has 1 aliphatic heterocycles. The smallest absolute Gasteiger partial charge is 0.134 e. The fourth-order valence-corrected chi connectivity index (χ4v) is 6.14. The van der Waals surface area contributed by atoms with Crippen molar-refractivity contribution in [3.05, 3.63) is 187 Å². The van der Waals surface area contributed by atoms with Crippen LogP contribution in [0.5, 0.6) is 0 Å². The number of rotatable bonds is 6. The van der Waals surface area contributed by atoms with E-state index >= 15 is 0 Å². The fraction of sp³-hybridized carbons (Fsp3) is 0.0238. The van der Waals surface area contributed by atoms with Crippen LogP contribution in [0, 0.1) is 0 Å². The molecular weight excluding hydrogens is 560 g/mol. The predicted molar refractivity (Wildman–Crippen MR) is 188 cm³/mol. The van der Waals surface area contributed by atoms with E-state index in [1.165, 1.54) is 11.1 Å². The van der Waals surface area contributed by atoms with Crippen molar-refractivity contribution < 1.29 is 0 Å². The van der Waals surface area contributed by atoms with Crippen molar-refractivity contribution in [1.29, 1.82) is 0 Å². The first kappa shape index (κ1) is 27.4. The van der Waals surface area contributed by atoms with Gasteiger partial charge in [0, 0.05) is 41.5 Å². The van der Waals surface area contributed by atoms with E-state index in [1.54, 1.807) is 6.20 Å². The van der Waals surface area contributed by atoms with Gasteiger partial charge in [-0.1, -0.05) is 109 Å². The van der Waals surface area contributed by atoms with Crippen LogP contribution >= 0.6 is 0 Å². The third kappa shape index (κ3) is 5.49. The standard InChI is InChI=1S/C42H30N4/c1-3-9-29(10-4-1)33-19-20-39-40(26-33)45-42(46-41(39)32-11-5-2-6-12-32)38-24-36(23-37(25-38)35-14-8-22-44-28-35)31-17-15-30(16-18-31)34-13-7-21-43-27-34/h1-28,41H,(H,45,46). The molecule has 8 rings (SSSR count). The second-order valence-electron chi connectivity index (χ2n) is 11.4. The van der Waals surface area contributed by atoms with Crippen LogP contribution in [0.25, 0.3) is 44.5 Å². The molecule has 7 aromatic rings. The average Bonchev–Trinajstić information content (AvgIpc) is 3.15. The van der Waals surface area contributed by atoms with Crippen LogP contribution in [0.2, 0.25) is 0 Å². The Kier molecular flexibility index (Phi) is 7.21. The van der Waals surface area contributed by atoms with Gasteiger partial charge in [-0.25, -0.2) is 4.99 Å². The van der Waals surface area contributed by atoms with Crippen molar-refractivity contribution in [3.8, 4) is 44.5 Å². The minimum absolute atomic E-state index is 0.0437. The first-order chi connectivity index (χ1) is 22.8. The molecule has 0 radical (unpaired) electrons. The van der Waals surface area contributed by atoms with Gasteiger partial charge in [0.2, 0.25) is 0 Å². The largest absolute Gasteiger partial charge is 0.359 e. The van der Waals surface area contributed by atoms with E-state index in [-0.39, 0.29) is 6.04 Å². The summed E-state index contributed by atoms with van der Waals surface area (Å²) in [6, 6.07) is 51.2. The van der Waals surface area contributed by atoms with Crippen molar-refractivity contribution >= 4 is 11.5 Å². The molecule has 0 amide bonds. The lowest BCUT2D eigenvalue weighted by Gasteiger charge is -2.28. The van der Waals surface area contributed by atoms with Gasteiger partial charge in [0.1, 0.15) is 5.84 Å². The molecule has 1 unspecified atom stereocenters. The molecule has 0 saturated heterocycles. The van der Waals surface area contributed by atoms with Crippen molar-refractivity contribution in [1.82, 2.24) is 15.3 Å². The lowest BCUT2D eigenvalue weighted by Crippen LogP contribution is -2.32. The van der Waals surface area contributed by atoms with Gasteiger partial charge in [-0.3, -0.25) is 9.97 Å². The Bertz CT molecular complexity index is 2140. The molecule has 1 aliphatic rings. The van der Waals surface area contributed by atoms with E-state index in [0.717, 1.165) is 61.6 Å². The quantitative estimate of drug-likeness (QED) is 0.210. The second kappa shape index (κ2) is 12.1. The molecule has 1 atom stereocenters. The van der Waals surface area contributed by atoms with Gasteiger partial charge < -0.3 is 5.32 Å². The van der Waals surface area contributed by atoms with Crippen molar-refractivity contribution in [2.45, 2.75) is 6.04 Å². The maximum absolute atomic E-state index is 5.28. The summed E-state index contributed by atoms with van der Waals surface area (Å²) < 4.78 is 0. The minimum atomic E-state index is -0.0437. The Labute approximate surface area is 268 Å². The van der Waals surface area contributed by atoms with Gasteiger partial charge in [0.15, 0.2) is 0 Å². The zero-order chi connectivity index (χ0) is 30.7. The summed E-state index contributed by atoms with van der Waals surface area (Å²) in [6.07, 6.45) is 7.42. The van der Waals surface area contributed by atoms with E-state index in [1.807, 2.05) is 36.8 Å². The van der Waals surface area contributed by atoms with Gasteiger partial charge in [0.05, 0.1) is 11.7 Å². The van der Waals surface area contributed by atoms with E-state index in [0.29, 0.717) is 0 Å². The molecule has 0 spiro atoms. The summed E-state index contributed by atoms with van der Waals surface area (Å²) >= 11 is 0. The van der Waals surface area contributed by atoms with Gasteiger partial charge in [-0.15, -0.1) is 0 Å². The normalized spacial score (nSPS) is 13.7. The summed E-state index contributed by atoms with van der Waals surface area (Å²) in [5.74, 6) is 0.838. The van der Waals surface area contributed by atoms with Crippen LogP contribution in [-0.4, -0.2) is 15.8 Å². The van der Waals surface area contributed by atoms with Crippen LogP contribution in [0.15, 0.2) is 175 Å². The van der Waals surface area contributed by atoms with E-state index in [4.69, 9.17) is 4.99 Å². The SMILES string of the molecule is c1ccc(-c2ccc3c(c2)N=C(c2cc(-c4ccc(-c5cccnc5)cc4)cc(-c4cccnc4)c2)NC3c2ccccc2)cc1. The maximum Gasteiger partial charge on any atom is 0.134 e. The summed E-state index contributed by atoms with van der Waals surface area (Å²) in [5, 5.41) is 3.82. The van der Waals surface area contributed by atoms with Gasteiger partial charge >= 0.3 is 0 Å². The highest BCUT2D eigenvalue weighted by Gasteiger charge is 2.25. The molecule has 3 heterocycles. The first-order valence-corrected chi connectivity index (χ1v) is 15.4. The topological polar surface area (TPSA) is 50.2 Å². The van der Waals surface area contributed by atoms with Crippen molar-refractivity contribution in [2.24, 2.45) is 4.99 Å². The molecular formula is C42H30N4. The van der Waals surface area contributed by atoms with Crippen LogP contribution < -0.4 is 5.32 Å². The highest BCUT2D eigenvalue weighted by atomic mass is 15.1. The lowest BCUT2D eigenvalue weighted by atomic mass is 9.91. The van der Waals surface area contributed by atoms with Crippen LogP contribution in [0.1, 0.15) is 22.7 Å². The highest BCUT2D eigenvalue weighted by Crippen LogP contribution is 2.38. The molecule has 46 heavy (non-hydrogen) atoms. The summed E-state index contributed by atoms with van der Waals surface area (Å²) in [7, 11) is 0. The van der Waals surface area contributed by atoms with Crippen molar-refractivity contribution in [3.63, 3.8) is 0 Å². The average molecular weight is 591 g/mol. The number of fused-ring (bicyclic) bond motifs is 1. The zero-order valence-corrected chi connectivity index (χ0v) is 25.1. The molecule has 0 aliphatic carbocycles. The Hall–Kier alpha value is -6.13.